The second kappa shape index (κ2) is 8.16. The van der Waals surface area contributed by atoms with Crippen LogP contribution in [-0.4, -0.2) is 50.9 Å². The van der Waals surface area contributed by atoms with E-state index in [0.717, 1.165) is 32.2 Å². The van der Waals surface area contributed by atoms with Gasteiger partial charge < -0.3 is 10.6 Å². The van der Waals surface area contributed by atoms with Gasteiger partial charge in [-0.1, -0.05) is 6.07 Å². The maximum absolute atomic E-state index is 12.9. The first-order valence-corrected chi connectivity index (χ1v) is 10.5. The molecule has 140 valence electrons. The number of carbonyl (C=O) groups excluding carboxylic acids is 1. The highest BCUT2D eigenvalue weighted by molar-refractivity contribution is 7.89. The third-order valence-electron chi connectivity index (χ3n) is 5.02. The summed E-state index contributed by atoms with van der Waals surface area (Å²) in [5.74, 6) is 0.104. The van der Waals surface area contributed by atoms with Gasteiger partial charge in [-0.2, -0.15) is 9.57 Å². The molecule has 8 heteroatoms. The number of hydrogen-bond acceptors (Lipinski definition) is 5. The molecule has 26 heavy (non-hydrogen) atoms. The van der Waals surface area contributed by atoms with Crippen LogP contribution in [0, 0.1) is 17.2 Å². The highest BCUT2D eigenvalue weighted by Gasteiger charge is 2.31. The van der Waals surface area contributed by atoms with E-state index in [1.54, 1.807) is 12.1 Å². The Labute approximate surface area is 154 Å². The Balaban J connectivity index is 1.62. The minimum Gasteiger partial charge on any atom is -0.354 e. The first-order valence-electron chi connectivity index (χ1n) is 9.02. The summed E-state index contributed by atoms with van der Waals surface area (Å²) in [6.45, 7) is 2.21. The van der Waals surface area contributed by atoms with Crippen LogP contribution in [0.15, 0.2) is 29.2 Å². The lowest BCUT2D eigenvalue weighted by Gasteiger charge is -2.32. The van der Waals surface area contributed by atoms with Gasteiger partial charge in [0.25, 0.3) is 0 Å². The normalized spacial score (nSPS) is 24.1. The van der Waals surface area contributed by atoms with Crippen molar-refractivity contribution in [3.8, 4) is 6.07 Å². The van der Waals surface area contributed by atoms with Crippen LogP contribution in [0.2, 0.25) is 0 Å². The molecular weight excluding hydrogens is 352 g/mol. The topological polar surface area (TPSA) is 102 Å². The molecule has 2 N–H and O–H groups in total. The smallest absolute Gasteiger partial charge is 0.243 e. The van der Waals surface area contributed by atoms with E-state index in [-0.39, 0.29) is 22.8 Å². The molecule has 2 unspecified atom stereocenters. The third kappa shape index (κ3) is 4.23. The molecule has 1 aromatic carbocycles. The Morgan fingerprint density at radius 1 is 1.35 bits per heavy atom. The summed E-state index contributed by atoms with van der Waals surface area (Å²) in [7, 11) is -3.62. The molecule has 0 bridgehead atoms. The van der Waals surface area contributed by atoms with Gasteiger partial charge in [0.2, 0.25) is 15.9 Å². The van der Waals surface area contributed by atoms with Crippen molar-refractivity contribution in [2.45, 2.75) is 36.6 Å². The molecule has 2 aliphatic heterocycles. The van der Waals surface area contributed by atoms with Crippen LogP contribution in [0.1, 0.15) is 31.2 Å². The number of nitrogens with zero attached hydrogens (tertiary/aromatic N) is 2. The number of nitrogens with one attached hydrogen (secondary N) is 2. The molecule has 0 aromatic heterocycles. The van der Waals surface area contributed by atoms with E-state index in [9.17, 15) is 13.2 Å². The number of sulfonamides is 1. The molecule has 0 spiro atoms. The van der Waals surface area contributed by atoms with Gasteiger partial charge in [-0.25, -0.2) is 8.42 Å². The zero-order chi connectivity index (χ0) is 18.6. The third-order valence-corrected chi connectivity index (χ3v) is 6.89. The first-order chi connectivity index (χ1) is 12.5. The van der Waals surface area contributed by atoms with Crippen LogP contribution < -0.4 is 10.6 Å². The monoisotopic (exact) mass is 376 g/mol. The molecule has 2 heterocycles. The summed E-state index contributed by atoms with van der Waals surface area (Å²) in [5, 5.41) is 15.1. The maximum atomic E-state index is 12.9. The summed E-state index contributed by atoms with van der Waals surface area (Å²) in [5.41, 5.74) is 0.330. The van der Waals surface area contributed by atoms with Gasteiger partial charge in [-0.15, -0.1) is 0 Å². The van der Waals surface area contributed by atoms with Crippen LogP contribution in [0.3, 0.4) is 0 Å². The Hall–Kier alpha value is -1.95. The van der Waals surface area contributed by atoms with Crippen molar-refractivity contribution in [3.63, 3.8) is 0 Å². The summed E-state index contributed by atoms with van der Waals surface area (Å²) < 4.78 is 27.2. The van der Waals surface area contributed by atoms with E-state index in [0.29, 0.717) is 25.2 Å². The SMILES string of the molecule is N#Cc1cccc(S(=O)(=O)N2CCCC(CNC(=O)C3CCCN3)C2)c1. The summed E-state index contributed by atoms with van der Waals surface area (Å²) in [6, 6.07) is 7.96. The van der Waals surface area contributed by atoms with Crippen molar-refractivity contribution >= 4 is 15.9 Å². The minimum absolute atomic E-state index is 0.00389. The van der Waals surface area contributed by atoms with Crippen molar-refractivity contribution in [2.75, 3.05) is 26.2 Å². The fourth-order valence-corrected chi connectivity index (χ4v) is 5.16. The largest absolute Gasteiger partial charge is 0.354 e. The van der Waals surface area contributed by atoms with Crippen molar-refractivity contribution in [2.24, 2.45) is 5.92 Å². The summed E-state index contributed by atoms with van der Waals surface area (Å²) in [6.07, 6.45) is 3.52. The second-order valence-corrected chi connectivity index (χ2v) is 8.84. The lowest BCUT2D eigenvalue weighted by atomic mass is 9.99. The lowest BCUT2D eigenvalue weighted by Crippen LogP contribution is -2.46. The fourth-order valence-electron chi connectivity index (χ4n) is 3.56. The maximum Gasteiger partial charge on any atom is 0.243 e. The molecule has 2 aliphatic rings. The van der Waals surface area contributed by atoms with E-state index < -0.39 is 10.0 Å². The Bertz CT molecular complexity index is 797. The molecule has 2 atom stereocenters. The molecule has 1 aromatic rings. The number of benzene rings is 1. The molecule has 0 aliphatic carbocycles. The number of carbonyl (C=O) groups is 1. The van der Waals surface area contributed by atoms with Crippen molar-refractivity contribution in [3.05, 3.63) is 29.8 Å². The van der Waals surface area contributed by atoms with Crippen LogP contribution in [-0.2, 0) is 14.8 Å². The molecular formula is C18H24N4O3S. The highest BCUT2D eigenvalue weighted by Crippen LogP contribution is 2.24. The number of piperidine rings is 1. The van der Waals surface area contributed by atoms with Gasteiger partial charge in [0, 0.05) is 19.6 Å². The van der Waals surface area contributed by atoms with Crippen LogP contribution in [0.4, 0.5) is 0 Å². The molecule has 2 saturated heterocycles. The van der Waals surface area contributed by atoms with Crippen LogP contribution in [0.5, 0.6) is 0 Å². The fraction of sp³-hybridized carbons (Fsp3) is 0.556. The average Bonchev–Trinajstić information content (AvgIpc) is 3.21. The Morgan fingerprint density at radius 3 is 2.92 bits per heavy atom. The van der Waals surface area contributed by atoms with Gasteiger partial charge in [0.15, 0.2) is 0 Å². The number of nitriles is 1. The lowest BCUT2D eigenvalue weighted by molar-refractivity contribution is -0.123. The minimum atomic E-state index is -3.62. The summed E-state index contributed by atoms with van der Waals surface area (Å²) >= 11 is 0. The van der Waals surface area contributed by atoms with Gasteiger partial charge >= 0.3 is 0 Å². The van der Waals surface area contributed by atoms with E-state index in [1.807, 2.05) is 6.07 Å². The molecule has 0 radical (unpaired) electrons. The van der Waals surface area contributed by atoms with E-state index in [1.165, 1.54) is 16.4 Å². The predicted octanol–water partition coefficient (Wildman–Crippen LogP) is 0.827. The Morgan fingerprint density at radius 2 is 2.19 bits per heavy atom. The van der Waals surface area contributed by atoms with Gasteiger partial charge in [-0.3, -0.25) is 4.79 Å². The standard InChI is InChI=1S/C18H24N4O3S/c19-11-14-4-1-6-16(10-14)26(24,25)22-9-3-5-15(13-22)12-21-18(23)17-7-2-8-20-17/h1,4,6,10,15,17,20H,2-3,5,7-9,12-13H2,(H,21,23). The Kier molecular flexibility index (Phi) is 5.91. The number of rotatable bonds is 5. The van der Waals surface area contributed by atoms with E-state index in [4.69, 9.17) is 5.26 Å². The zero-order valence-electron chi connectivity index (χ0n) is 14.6. The van der Waals surface area contributed by atoms with E-state index in [2.05, 4.69) is 10.6 Å². The van der Waals surface area contributed by atoms with Crippen LogP contribution in [0.25, 0.3) is 0 Å². The predicted molar refractivity (Wildman–Crippen MR) is 96.7 cm³/mol. The second-order valence-electron chi connectivity index (χ2n) is 6.91. The molecule has 1 amide bonds. The van der Waals surface area contributed by atoms with Crippen LogP contribution >= 0.6 is 0 Å². The molecule has 2 fully saturated rings. The average molecular weight is 376 g/mol. The first kappa shape index (κ1) is 18.8. The molecule has 3 rings (SSSR count). The van der Waals surface area contributed by atoms with Gasteiger partial charge in [-0.05, 0) is 56.3 Å². The van der Waals surface area contributed by atoms with Gasteiger partial charge in [0.1, 0.15) is 0 Å². The van der Waals surface area contributed by atoms with Crippen molar-refractivity contribution in [1.82, 2.24) is 14.9 Å². The summed E-state index contributed by atoms with van der Waals surface area (Å²) in [4.78, 5) is 12.3. The zero-order valence-corrected chi connectivity index (χ0v) is 15.5. The van der Waals surface area contributed by atoms with Gasteiger partial charge in [0.05, 0.1) is 22.6 Å². The van der Waals surface area contributed by atoms with Crippen molar-refractivity contribution in [1.29, 1.82) is 5.26 Å². The highest BCUT2D eigenvalue weighted by atomic mass is 32.2. The quantitative estimate of drug-likeness (QED) is 0.792. The van der Waals surface area contributed by atoms with E-state index >= 15 is 0 Å². The number of amides is 1. The molecule has 0 saturated carbocycles. The molecule has 7 nitrogen and oxygen atoms in total. The number of hydrogen-bond donors (Lipinski definition) is 2. The van der Waals surface area contributed by atoms with Crippen molar-refractivity contribution < 1.29 is 13.2 Å².